The second kappa shape index (κ2) is 8.82. The molecule has 28 heavy (non-hydrogen) atoms. The number of nitrogens with one attached hydrogen (secondary N) is 1. The van der Waals surface area contributed by atoms with Gasteiger partial charge in [-0.1, -0.05) is 58.4 Å². The van der Waals surface area contributed by atoms with E-state index < -0.39 is 22.5 Å². The minimum atomic E-state index is -0.689. The maximum atomic E-state index is 13.2. The predicted octanol–water partition coefficient (Wildman–Crippen LogP) is 4.97. The van der Waals surface area contributed by atoms with Crippen LogP contribution in [-0.2, 0) is 6.54 Å². The van der Waals surface area contributed by atoms with Gasteiger partial charge >= 0.3 is 11.7 Å². The molecule has 0 saturated carbocycles. The first-order valence-corrected chi connectivity index (χ1v) is 9.88. The van der Waals surface area contributed by atoms with Gasteiger partial charge in [-0.3, -0.25) is 9.78 Å². The number of halogens is 3. The quantitative estimate of drug-likeness (QED) is 0.413. The molecule has 0 aliphatic heterocycles. The molecule has 1 amide bonds. The largest absolute Gasteiger partial charge is 0.389 e. The molecule has 0 fully saturated rings. The van der Waals surface area contributed by atoms with Crippen molar-refractivity contribution in [3.8, 4) is 0 Å². The van der Waals surface area contributed by atoms with Crippen molar-refractivity contribution < 1.29 is 14.1 Å². The predicted molar refractivity (Wildman–Crippen MR) is 105 cm³/mol. The summed E-state index contributed by atoms with van der Waals surface area (Å²) in [6.07, 6.45) is 2.71. The molecule has 3 aromatic rings. The Bertz CT molecular complexity index is 1040. The van der Waals surface area contributed by atoms with E-state index in [1.54, 1.807) is 6.07 Å². The van der Waals surface area contributed by atoms with Crippen LogP contribution in [0.25, 0.3) is 0 Å². The summed E-state index contributed by atoms with van der Waals surface area (Å²) in [5.41, 5.74) is 0.546. The van der Waals surface area contributed by atoms with Crippen LogP contribution in [0, 0.1) is 15.9 Å². The molecule has 0 radical (unpaired) electrons. The fourth-order valence-corrected chi connectivity index (χ4v) is 4.70. The van der Waals surface area contributed by atoms with Crippen molar-refractivity contribution >= 4 is 58.0 Å². The van der Waals surface area contributed by atoms with Crippen molar-refractivity contribution in [2.45, 2.75) is 15.6 Å². The van der Waals surface area contributed by atoms with E-state index in [0.717, 1.165) is 23.1 Å². The zero-order valence-electron chi connectivity index (χ0n) is 13.7. The molecular formula is C16H9Cl2FN4O3S2. The molecule has 0 aliphatic carbocycles. The van der Waals surface area contributed by atoms with E-state index in [1.807, 2.05) is 0 Å². The van der Waals surface area contributed by atoms with E-state index in [0.29, 0.717) is 10.5 Å². The molecule has 0 spiro atoms. The zero-order chi connectivity index (χ0) is 20.3. The smallest absolute Gasteiger partial charge is 0.358 e. The first-order valence-electron chi connectivity index (χ1n) is 7.50. The lowest BCUT2D eigenvalue weighted by molar-refractivity contribution is -0.391. The molecule has 0 bridgehead atoms. The van der Waals surface area contributed by atoms with Crippen LogP contribution >= 0.6 is 46.3 Å². The lowest BCUT2D eigenvalue weighted by atomic mass is 10.2. The highest BCUT2D eigenvalue weighted by Crippen LogP contribution is 2.44. The first-order chi connectivity index (χ1) is 13.3. The molecule has 0 aliphatic rings. The fourth-order valence-electron chi connectivity index (χ4n) is 2.07. The van der Waals surface area contributed by atoms with Crippen LogP contribution < -0.4 is 5.32 Å². The minimum absolute atomic E-state index is 0.0501. The van der Waals surface area contributed by atoms with Gasteiger partial charge in [-0.15, -0.1) is 0 Å². The third-order valence-electron chi connectivity index (χ3n) is 3.29. The second-order valence-electron chi connectivity index (χ2n) is 5.23. The summed E-state index contributed by atoms with van der Waals surface area (Å²) >= 11 is 13.9. The van der Waals surface area contributed by atoms with E-state index in [9.17, 15) is 19.3 Å². The molecule has 144 valence electrons. The molecule has 0 unspecified atom stereocenters. The number of aromatic nitrogens is 2. The van der Waals surface area contributed by atoms with Crippen LogP contribution in [0.5, 0.6) is 0 Å². The second-order valence-corrected chi connectivity index (χ2v) is 8.33. The van der Waals surface area contributed by atoms with Crippen molar-refractivity contribution in [1.82, 2.24) is 15.3 Å². The highest BCUT2D eigenvalue weighted by molar-refractivity contribution is 8.01. The summed E-state index contributed by atoms with van der Waals surface area (Å²) in [5, 5.41) is 14.2. The molecule has 2 aromatic heterocycles. The Morgan fingerprint density at radius 3 is 2.68 bits per heavy atom. The van der Waals surface area contributed by atoms with E-state index in [4.69, 9.17) is 23.2 Å². The van der Waals surface area contributed by atoms with Gasteiger partial charge < -0.3 is 15.4 Å². The Morgan fingerprint density at radius 1 is 1.32 bits per heavy atom. The van der Waals surface area contributed by atoms with Gasteiger partial charge in [0.1, 0.15) is 5.82 Å². The van der Waals surface area contributed by atoms with Gasteiger partial charge in [0.25, 0.3) is 5.01 Å². The Balaban J connectivity index is 1.82. The van der Waals surface area contributed by atoms with Crippen LogP contribution in [0.15, 0.2) is 45.8 Å². The van der Waals surface area contributed by atoms with Crippen LogP contribution in [-0.4, -0.2) is 20.8 Å². The maximum absolute atomic E-state index is 13.2. The average Bonchev–Trinajstić information content (AvgIpc) is 3.07. The van der Waals surface area contributed by atoms with Crippen molar-refractivity contribution in [3.63, 3.8) is 0 Å². The Morgan fingerprint density at radius 2 is 2.04 bits per heavy atom. The SMILES string of the molecule is O=C(NCc1cccc(F)c1)c1nc([N+](=O)[O-])c(Sc2c(Cl)cncc2Cl)s1. The fraction of sp³-hybridized carbons (Fsp3) is 0.0625. The number of thiazole rings is 1. The highest BCUT2D eigenvalue weighted by atomic mass is 35.5. The summed E-state index contributed by atoms with van der Waals surface area (Å²) in [6, 6.07) is 5.72. The summed E-state index contributed by atoms with van der Waals surface area (Å²) in [7, 11) is 0. The monoisotopic (exact) mass is 458 g/mol. The topological polar surface area (TPSA) is 98.0 Å². The summed E-state index contributed by atoms with van der Waals surface area (Å²) in [6.45, 7) is 0.0501. The van der Waals surface area contributed by atoms with E-state index >= 15 is 0 Å². The van der Waals surface area contributed by atoms with E-state index in [2.05, 4.69) is 15.3 Å². The van der Waals surface area contributed by atoms with Gasteiger partial charge in [0, 0.05) is 18.9 Å². The molecule has 1 N–H and O–H groups in total. The summed E-state index contributed by atoms with van der Waals surface area (Å²) in [4.78, 5) is 31.0. The number of nitrogens with zero attached hydrogens (tertiary/aromatic N) is 3. The number of benzene rings is 1. The average molecular weight is 459 g/mol. The number of carbonyl (C=O) groups excluding carboxylic acids is 1. The molecular weight excluding hydrogens is 450 g/mol. The van der Waals surface area contributed by atoms with E-state index in [1.165, 1.54) is 30.6 Å². The number of rotatable bonds is 6. The van der Waals surface area contributed by atoms with Crippen molar-refractivity contribution in [2.24, 2.45) is 0 Å². The third-order valence-corrected chi connectivity index (χ3v) is 6.44. The van der Waals surface area contributed by atoms with Gasteiger partial charge in [0.05, 0.1) is 14.9 Å². The minimum Gasteiger partial charge on any atom is -0.358 e. The van der Waals surface area contributed by atoms with Gasteiger partial charge in [-0.25, -0.2) is 4.39 Å². The van der Waals surface area contributed by atoms with Gasteiger partial charge in [0.2, 0.25) is 0 Å². The maximum Gasteiger partial charge on any atom is 0.389 e. The van der Waals surface area contributed by atoms with Gasteiger partial charge in [0.15, 0.2) is 4.21 Å². The van der Waals surface area contributed by atoms with E-state index in [-0.39, 0.29) is 25.8 Å². The molecule has 12 heteroatoms. The summed E-state index contributed by atoms with van der Waals surface area (Å²) < 4.78 is 13.4. The molecule has 2 heterocycles. The van der Waals surface area contributed by atoms with Crippen LogP contribution in [0.4, 0.5) is 10.2 Å². The standard InChI is InChI=1S/C16H9Cl2FN4O3S2/c17-10-6-20-7-11(18)12(10)27-16-13(23(25)26)22-15(28-16)14(24)21-5-8-2-1-3-9(19)4-8/h1-4,6-7H,5H2,(H,21,24). The number of hydrogen-bond acceptors (Lipinski definition) is 7. The number of carbonyl (C=O) groups is 1. The highest BCUT2D eigenvalue weighted by Gasteiger charge is 2.28. The first kappa shape index (κ1) is 20.5. The van der Waals surface area contributed by atoms with Crippen LogP contribution in [0.1, 0.15) is 15.4 Å². The number of nitro groups is 1. The lowest BCUT2D eigenvalue weighted by Crippen LogP contribution is -2.22. The number of pyridine rings is 1. The van der Waals surface area contributed by atoms with Crippen molar-refractivity contribution in [2.75, 3.05) is 0 Å². The Labute approximate surface area is 176 Å². The normalized spacial score (nSPS) is 10.7. The van der Waals surface area contributed by atoms with Crippen LogP contribution in [0.3, 0.4) is 0 Å². The third kappa shape index (κ3) is 4.76. The van der Waals surface area contributed by atoms with Gasteiger partial charge in [-0.2, -0.15) is 0 Å². The lowest BCUT2D eigenvalue weighted by Gasteiger charge is -2.03. The number of amides is 1. The van der Waals surface area contributed by atoms with Crippen LogP contribution in [0.2, 0.25) is 10.0 Å². The molecule has 7 nitrogen and oxygen atoms in total. The molecule has 1 aromatic carbocycles. The zero-order valence-corrected chi connectivity index (χ0v) is 16.8. The molecule has 0 saturated heterocycles. The summed E-state index contributed by atoms with van der Waals surface area (Å²) in [5.74, 6) is -1.52. The Kier molecular flexibility index (Phi) is 6.45. The van der Waals surface area contributed by atoms with Crippen molar-refractivity contribution in [3.05, 3.63) is 73.2 Å². The van der Waals surface area contributed by atoms with Gasteiger partial charge in [-0.05, 0) is 27.6 Å². The molecule has 0 atom stereocenters. The number of hydrogen-bond donors (Lipinski definition) is 1. The Hall–Kier alpha value is -2.27. The molecule has 3 rings (SSSR count). The van der Waals surface area contributed by atoms with Crippen molar-refractivity contribution in [1.29, 1.82) is 0 Å².